The largest absolute Gasteiger partial charge is 0.373 e. The summed E-state index contributed by atoms with van der Waals surface area (Å²) < 4.78 is 11.4. The predicted octanol–water partition coefficient (Wildman–Crippen LogP) is 2.09. The van der Waals surface area contributed by atoms with Crippen molar-refractivity contribution in [1.29, 1.82) is 0 Å². The molecule has 0 unspecified atom stereocenters. The molecule has 80 valence electrons. The Morgan fingerprint density at radius 3 is 3.00 bits per heavy atom. The molecule has 2 rings (SSSR count). The van der Waals surface area contributed by atoms with Crippen LogP contribution in [-0.2, 0) is 16.8 Å². The first-order valence-electron chi connectivity index (χ1n) is 4.44. The number of alkyl halides is 1. The highest BCUT2D eigenvalue weighted by molar-refractivity contribution is 9.08. The maximum Gasteiger partial charge on any atom is 0.292 e. The van der Waals surface area contributed by atoms with E-state index in [9.17, 15) is 4.79 Å². The smallest absolute Gasteiger partial charge is 0.292 e. The highest BCUT2D eigenvalue weighted by Gasteiger charge is 2.08. The van der Waals surface area contributed by atoms with Crippen molar-refractivity contribution in [3.05, 3.63) is 34.1 Å². The molecule has 0 aliphatic rings. The van der Waals surface area contributed by atoms with Gasteiger partial charge >= 0.3 is 0 Å². The van der Waals surface area contributed by atoms with Crippen molar-refractivity contribution in [2.24, 2.45) is 0 Å². The second-order valence-corrected chi connectivity index (χ2v) is 3.72. The molecule has 1 aromatic heterocycles. The summed E-state index contributed by atoms with van der Waals surface area (Å²) >= 11 is 3.35. The lowest BCUT2D eigenvalue weighted by Crippen LogP contribution is -2.14. The van der Waals surface area contributed by atoms with Gasteiger partial charge in [-0.25, -0.2) is 0 Å². The third-order valence-electron chi connectivity index (χ3n) is 2.11. The molecule has 0 spiro atoms. The average Bonchev–Trinajstić information content (AvgIpc) is 2.56. The van der Waals surface area contributed by atoms with Crippen LogP contribution >= 0.6 is 15.9 Å². The Hall–Kier alpha value is -1.07. The van der Waals surface area contributed by atoms with Crippen molar-refractivity contribution in [3.63, 3.8) is 0 Å². The highest BCUT2D eigenvalue weighted by atomic mass is 79.9. The Kier molecular flexibility index (Phi) is 2.93. The Morgan fingerprint density at radius 2 is 2.33 bits per heavy atom. The van der Waals surface area contributed by atoms with Gasteiger partial charge in [-0.15, -0.1) is 4.74 Å². The van der Waals surface area contributed by atoms with Gasteiger partial charge < -0.3 is 9.26 Å². The molecule has 2 aromatic rings. The van der Waals surface area contributed by atoms with Crippen LogP contribution in [0.3, 0.4) is 0 Å². The van der Waals surface area contributed by atoms with Crippen LogP contribution in [-0.4, -0.2) is 11.8 Å². The minimum absolute atomic E-state index is 0.136. The van der Waals surface area contributed by atoms with Crippen LogP contribution in [0.15, 0.2) is 27.5 Å². The number of benzene rings is 1. The van der Waals surface area contributed by atoms with E-state index < -0.39 is 0 Å². The Labute approximate surface area is 94.5 Å². The molecule has 0 amide bonds. The molecule has 0 atom stereocenters. The third-order valence-corrected chi connectivity index (χ3v) is 2.76. The van der Waals surface area contributed by atoms with E-state index in [2.05, 4.69) is 15.9 Å². The van der Waals surface area contributed by atoms with Gasteiger partial charge in [0.2, 0.25) is 0 Å². The van der Waals surface area contributed by atoms with Crippen molar-refractivity contribution in [3.8, 4) is 0 Å². The van der Waals surface area contributed by atoms with E-state index >= 15 is 0 Å². The fourth-order valence-corrected chi connectivity index (χ4v) is 1.75. The minimum Gasteiger partial charge on any atom is -0.373 e. The number of hydrogen-bond donors (Lipinski definition) is 0. The van der Waals surface area contributed by atoms with E-state index in [4.69, 9.17) is 9.26 Å². The minimum atomic E-state index is -0.159. The molecule has 0 aliphatic carbocycles. The van der Waals surface area contributed by atoms with E-state index in [-0.39, 0.29) is 12.3 Å². The van der Waals surface area contributed by atoms with Gasteiger partial charge in [-0.2, -0.15) is 0 Å². The van der Waals surface area contributed by atoms with E-state index in [1.54, 1.807) is 6.07 Å². The standard InChI is InChI=1S/C10H10BrNO3/c1-14-6-12-10(13)8-3-2-7(5-11)4-9(8)15-12/h2-4H,5-6H2,1H3. The molecule has 0 bridgehead atoms. The SMILES string of the molecule is COCn1oc2cc(CBr)ccc2c1=O. The number of rotatable bonds is 3. The van der Waals surface area contributed by atoms with Gasteiger partial charge in [0, 0.05) is 12.4 Å². The molecule has 0 saturated heterocycles. The van der Waals surface area contributed by atoms with Crippen molar-refractivity contribution in [1.82, 2.24) is 4.74 Å². The molecule has 0 saturated carbocycles. The number of fused-ring (bicyclic) bond motifs is 1. The van der Waals surface area contributed by atoms with E-state index in [0.717, 1.165) is 10.9 Å². The average molecular weight is 272 g/mol. The van der Waals surface area contributed by atoms with Gasteiger partial charge in [-0.3, -0.25) is 4.79 Å². The highest BCUT2D eigenvalue weighted by Crippen LogP contribution is 2.15. The zero-order valence-corrected chi connectivity index (χ0v) is 9.78. The molecule has 0 fully saturated rings. The van der Waals surface area contributed by atoms with Gasteiger partial charge in [0.25, 0.3) is 5.56 Å². The number of nitrogens with zero attached hydrogens (tertiary/aromatic N) is 1. The fourth-order valence-electron chi connectivity index (χ4n) is 1.40. The van der Waals surface area contributed by atoms with E-state index in [1.807, 2.05) is 12.1 Å². The monoisotopic (exact) mass is 271 g/mol. The van der Waals surface area contributed by atoms with Gasteiger partial charge in [-0.1, -0.05) is 22.0 Å². The summed E-state index contributed by atoms with van der Waals surface area (Å²) in [6.45, 7) is 0.136. The summed E-state index contributed by atoms with van der Waals surface area (Å²) in [6, 6.07) is 5.51. The van der Waals surface area contributed by atoms with Crippen molar-refractivity contribution in [2.45, 2.75) is 12.1 Å². The van der Waals surface area contributed by atoms with Crippen LogP contribution in [0, 0.1) is 0 Å². The molecule has 1 aromatic carbocycles. The van der Waals surface area contributed by atoms with Crippen LogP contribution < -0.4 is 5.56 Å². The van der Waals surface area contributed by atoms with Crippen molar-refractivity contribution in [2.75, 3.05) is 7.11 Å². The number of aromatic nitrogens is 1. The third kappa shape index (κ3) is 1.85. The van der Waals surface area contributed by atoms with Gasteiger partial charge in [0.15, 0.2) is 12.3 Å². The van der Waals surface area contributed by atoms with Gasteiger partial charge in [0.05, 0.1) is 5.39 Å². The summed E-state index contributed by atoms with van der Waals surface area (Å²) in [7, 11) is 1.52. The van der Waals surface area contributed by atoms with Crippen LogP contribution in [0.4, 0.5) is 0 Å². The second-order valence-electron chi connectivity index (χ2n) is 3.16. The van der Waals surface area contributed by atoms with E-state index in [1.165, 1.54) is 11.8 Å². The number of hydrogen-bond acceptors (Lipinski definition) is 3. The normalized spacial score (nSPS) is 11.1. The lowest BCUT2D eigenvalue weighted by molar-refractivity contribution is 0.0636. The topological polar surface area (TPSA) is 44.4 Å². The van der Waals surface area contributed by atoms with Crippen LogP contribution in [0.5, 0.6) is 0 Å². The molecule has 1 heterocycles. The molecule has 0 radical (unpaired) electrons. The zero-order chi connectivity index (χ0) is 10.8. The van der Waals surface area contributed by atoms with Crippen LogP contribution in [0.25, 0.3) is 11.0 Å². The zero-order valence-electron chi connectivity index (χ0n) is 8.20. The van der Waals surface area contributed by atoms with Crippen LogP contribution in [0.1, 0.15) is 5.56 Å². The van der Waals surface area contributed by atoms with Crippen LogP contribution in [0.2, 0.25) is 0 Å². The first-order valence-corrected chi connectivity index (χ1v) is 5.56. The molecular weight excluding hydrogens is 262 g/mol. The number of methoxy groups -OCH3 is 1. The maximum absolute atomic E-state index is 11.7. The molecule has 5 heteroatoms. The second kappa shape index (κ2) is 4.20. The number of ether oxygens (including phenoxy) is 1. The predicted molar refractivity (Wildman–Crippen MR) is 60.1 cm³/mol. The lowest BCUT2D eigenvalue weighted by Gasteiger charge is -1.94. The molecule has 15 heavy (non-hydrogen) atoms. The fraction of sp³-hybridized carbons (Fsp3) is 0.300. The first kappa shape index (κ1) is 10.4. The number of halogens is 1. The van der Waals surface area contributed by atoms with Gasteiger partial charge in [0.1, 0.15) is 0 Å². The van der Waals surface area contributed by atoms with E-state index in [0.29, 0.717) is 11.0 Å². The Morgan fingerprint density at radius 1 is 1.53 bits per heavy atom. The first-order chi connectivity index (χ1) is 7.26. The quantitative estimate of drug-likeness (QED) is 0.804. The summed E-state index contributed by atoms with van der Waals surface area (Å²) in [6.07, 6.45) is 0. The lowest BCUT2D eigenvalue weighted by atomic mass is 10.2. The van der Waals surface area contributed by atoms with Gasteiger partial charge in [-0.05, 0) is 17.7 Å². The Balaban J connectivity index is 2.60. The molecule has 4 nitrogen and oxygen atoms in total. The summed E-state index contributed by atoms with van der Waals surface area (Å²) in [5.41, 5.74) is 1.50. The summed E-state index contributed by atoms with van der Waals surface area (Å²) in [5, 5.41) is 1.32. The molecular formula is C10H10BrNO3. The molecule has 0 N–H and O–H groups in total. The summed E-state index contributed by atoms with van der Waals surface area (Å²) in [5.74, 6) is 0. The van der Waals surface area contributed by atoms with Crippen molar-refractivity contribution < 1.29 is 9.26 Å². The molecule has 0 aliphatic heterocycles. The summed E-state index contributed by atoms with van der Waals surface area (Å²) in [4.78, 5) is 11.7. The Bertz CT molecular complexity index is 529. The maximum atomic E-state index is 11.7. The van der Waals surface area contributed by atoms with Crippen molar-refractivity contribution >= 4 is 26.9 Å².